The number of carbonyl (C=O) groups is 2. The molecule has 2 N–H and O–H groups in total. The minimum atomic E-state index is -0.443. The van der Waals surface area contributed by atoms with Crippen LogP contribution in [0.15, 0.2) is 48.5 Å². The monoisotopic (exact) mass is 368 g/mol. The number of hydrogen-bond donors (Lipinski definition) is 2. The number of aryl methyl sites for hydroxylation is 1. The van der Waals surface area contributed by atoms with Gasteiger partial charge in [0.05, 0.1) is 13.7 Å². The Bertz CT molecular complexity index is 813. The second kappa shape index (κ2) is 10.0. The Hall–Kier alpha value is -3.28. The number of ether oxygens (including phenoxy) is 2. The zero-order valence-corrected chi connectivity index (χ0v) is 15.7. The number of amides is 2. The number of carbonyl (C=O) groups excluding carboxylic acids is 2. The van der Waals surface area contributed by atoms with Gasteiger partial charge in [-0.15, -0.1) is 0 Å². The first-order valence-electron chi connectivity index (χ1n) is 8.75. The maximum Gasteiger partial charge on any atom is 0.269 e. The largest absolute Gasteiger partial charge is 0.493 e. The molecule has 142 valence electrons. The summed E-state index contributed by atoms with van der Waals surface area (Å²) < 4.78 is 10.7. The van der Waals surface area contributed by atoms with E-state index in [1.807, 2.05) is 32.0 Å². The molecule has 0 aliphatic rings. The second-order valence-corrected chi connectivity index (χ2v) is 5.67. The average molecular weight is 368 g/mol. The first-order valence-corrected chi connectivity index (χ1v) is 8.75. The van der Waals surface area contributed by atoms with Crippen molar-refractivity contribution < 1.29 is 19.1 Å². The molecular formula is C21H24N2O4. The lowest BCUT2D eigenvalue weighted by Crippen LogP contribution is -2.40. The van der Waals surface area contributed by atoms with E-state index in [0.29, 0.717) is 23.7 Å². The number of methoxy groups -OCH3 is 1. The van der Waals surface area contributed by atoms with Crippen LogP contribution in [0.2, 0.25) is 0 Å². The topological polar surface area (TPSA) is 76.7 Å². The van der Waals surface area contributed by atoms with E-state index in [-0.39, 0.29) is 5.91 Å². The molecule has 0 fully saturated rings. The Morgan fingerprint density at radius 2 is 1.74 bits per heavy atom. The van der Waals surface area contributed by atoms with Crippen LogP contribution in [0.3, 0.4) is 0 Å². The van der Waals surface area contributed by atoms with Crippen molar-refractivity contribution in [3.8, 4) is 11.5 Å². The highest BCUT2D eigenvalue weighted by atomic mass is 16.5. The third kappa shape index (κ3) is 5.88. The summed E-state index contributed by atoms with van der Waals surface area (Å²) in [5.41, 5.74) is 7.14. The summed E-state index contributed by atoms with van der Waals surface area (Å²) >= 11 is 0. The number of hydrogen-bond acceptors (Lipinski definition) is 4. The summed E-state index contributed by atoms with van der Waals surface area (Å²) in [6.07, 6.45) is 3.85. The zero-order valence-electron chi connectivity index (χ0n) is 15.7. The molecule has 2 amide bonds. The van der Waals surface area contributed by atoms with Crippen molar-refractivity contribution in [1.29, 1.82) is 0 Å². The highest BCUT2D eigenvalue weighted by Gasteiger charge is 2.06. The summed E-state index contributed by atoms with van der Waals surface area (Å²) in [4.78, 5) is 23.9. The number of benzene rings is 2. The normalized spacial score (nSPS) is 10.5. The SMILES string of the molecule is CCOc1ccc(C=CC(=O)NNC(=O)c2ccc(CC)cc2)cc1OC. The van der Waals surface area contributed by atoms with Crippen LogP contribution in [0.1, 0.15) is 35.3 Å². The molecule has 0 aromatic heterocycles. The molecule has 0 aliphatic carbocycles. The zero-order chi connectivity index (χ0) is 19.6. The van der Waals surface area contributed by atoms with Crippen molar-refractivity contribution >= 4 is 17.9 Å². The van der Waals surface area contributed by atoms with E-state index in [1.165, 1.54) is 6.08 Å². The molecule has 0 saturated carbocycles. The van der Waals surface area contributed by atoms with Crippen LogP contribution < -0.4 is 20.3 Å². The molecule has 0 saturated heterocycles. The molecule has 0 aliphatic heterocycles. The van der Waals surface area contributed by atoms with E-state index < -0.39 is 5.91 Å². The summed E-state index contributed by atoms with van der Waals surface area (Å²) in [5.74, 6) is 0.412. The lowest BCUT2D eigenvalue weighted by atomic mass is 10.1. The van der Waals surface area contributed by atoms with Crippen molar-refractivity contribution in [3.63, 3.8) is 0 Å². The van der Waals surface area contributed by atoms with E-state index in [1.54, 1.807) is 37.5 Å². The van der Waals surface area contributed by atoms with Crippen molar-refractivity contribution in [1.82, 2.24) is 10.9 Å². The Labute approximate surface area is 159 Å². The molecule has 2 aromatic rings. The van der Waals surface area contributed by atoms with Gasteiger partial charge in [-0.1, -0.05) is 25.1 Å². The molecule has 2 rings (SSSR count). The molecule has 0 radical (unpaired) electrons. The fourth-order valence-electron chi connectivity index (χ4n) is 2.36. The maximum atomic E-state index is 12.0. The van der Waals surface area contributed by atoms with E-state index in [0.717, 1.165) is 17.5 Å². The van der Waals surface area contributed by atoms with Crippen molar-refractivity contribution in [2.24, 2.45) is 0 Å². The number of nitrogens with one attached hydrogen (secondary N) is 2. The van der Waals surface area contributed by atoms with Gasteiger partial charge in [-0.25, -0.2) is 0 Å². The number of rotatable bonds is 7. The van der Waals surface area contributed by atoms with Crippen LogP contribution in [-0.4, -0.2) is 25.5 Å². The van der Waals surface area contributed by atoms with Crippen LogP contribution in [-0.2, 0) is 11.2 Å². The molecule has 0 heterocycles. The predicted octanol–water partition coefficient (Wildman–Crippen LogP) is 3.13. The molecule has 2 aromatic carbocycles. The molecule has 6 heteroatoms. The third-order valence-electron chi connectivity index (χ3n) is 3.84. The highest BCUT2D eigenvalue weighted by Crippen LogP contribution is 2.28. The lowest BCUT2D eigenvalue weighted by molar-refractivity contribution is -0.117. The quantitative estimate of drug-likeness (QED) is 0.581. The van der Waals surface area contributed by atoms with E-state index >= 15 is 0 Å². The Morgan fingerprint density at radius 1 is 1.00 bits per heavy atom. The molecule has 27 heavy (non-hydrogen) atoms. The van der Waals surface area contributed by atoms with Crippen LogP contribution in [0.25, 0.3) is 6.08 Å². The van der Waals surface area contributed by atoms with Gasteiger partial charge < -0.3 is 9.47 Å². The lowest BCUT2D eigenvalue weighted by Gasteiger charge is -2.09. The van der Waals surface area contributed by atoms with E-state index in [4.69, 9.17) is 9.47 Å². The first-order chi connectivity index (χ1) is 13.1. The molecule has 0 unspecified atom stereocenters. The second-order valence-electron chi connectivity index (χ2n) is 5.67. The standard InChI is InChI=1S/C21H24N2O4/c1-4-15-6-10-17(11-7-15)21(25)23-22-20(24)13-9-16-8-12-18(27-5-2)19(14-16)26-3/h6-14H,4-5H2,1-3H3,(H,22,24)(H,23,25). The Morgan fingerprint density at radius 3 is 2.37 bits per heavy atom. The van der Waals surface area contributed by atoms with Crippen molar-refractivity contribution in [3.05, 3.63) is 65.2 Å². The summed E-state index contributed by atoms with van der Waals surface area (Å²) in [7, 11) is 1.56. The van der Waals surface area contributed by atoms with E-state index in [9.17, 15) is 9.59 Å². The third-order valence-corrected chi connectivity index (χ3v) is 3.84. The predicted molar refractivity (Wildman–Crippen MR) is 105 cm³/mol. The van der Waals surface area contributed by atoms with Gasteiger partial charge in [0, 0.05) is 11.6 Å². The Balaban J connectivity index is 1.91. The van der Waals surface area contributed by atoms with Gasteiger partial charge in [0.1, 0.15) is 0 Å². The summed E-state index contributed by atoms with van der Waals surface area (Å²) in [5, 5.41) is 0. The van der Waals surface area contributed by atoms with Gasteiger partial charge in [0.25, 0.3) is 11.8 Å². The minimum Gasteiger partial charge on any atom is -0.493 e. The Kier molecular flexibility index (Phi) is 7.43. The molecule has 0 bridgehead atoms. The van der Waals surface area contributed by atoms with Gasteiger partial charge in [0.2, 0.25) is 0 Å². The van der Waals surface area contributed by atoms with Crippen molar-refractivity contribution in [2.75, 3.05) is 13.7 Å². The van der Waals surface area contributed by atoms with Crippen molar-refractivity contribution in [2.45, 2.75) is 20.3 Å². The van der Waals surface area contributed by atoms with Gasteiger partial charge >= 0.3 is 0 Å². The van der Waals surface area contributed by atoms with Crippen LogP contribution in [0.5, 0.6) is 11.5 Å². The van der Waals surface area contributed by atoms with Gasteiger partial charge in [-0.05, 0) is 54.8 Å². The van der Waals surface area contributed by atoms with Gasteiger partial charge in [-0.3, -0.25) is 20.4 Å². The first kappa shape index (κ1) is 20.0. The molecule has 0 spiro atoms. The maximum absolute atomic E-state index is 12.0. The molecule has 6 nitrogen and oxygen atoms in total. The number of hydrazine groups is 1. The molecule has 0 atom stereocenters. The van der Waals surface area contributed by atoms with Gasteiger partial charge in [-0.2, -0.15) is 0 Å². The summed E-state index contributed by atoms with van der Waals surface area (Å²) in [6, 6.07) is 12.6. The summed E-state index contributed by atoms with van der Waals surface area (Å²) in [6.45, 7) is 4.47. The average Bonchev–Trinajstić information content (AvgIpc) is 2.71. The van der Waals surface area contributed by atoms with Crippen LogP contribution >= 0.6 is 0 Å². The fourth-order valence-corrected chi connectivity index (χ4v) is 2.36. The van der Waals surface area contributed by atoms with Crippen LogP contribution in [0, 0.1) is 0 Å². The van der Waals surface area contributed by atoms with Crippen LogP contribution in [0.4, 0.5) is 0 Å². The highest BCUT2D eigenvalue weighted by molar-refractivity contribution is 5.97. The smallest absolute Gasteiger partial charge is 0.269 e. The minimum absolute atomic E-state index is 0.373. The van der Waals surface area contributed by atoms with Gasteiger partial charge in [0.15, 0.2) is 11.5 Å². The van der Waals surface area contributed by atoms with E-state index in [2.05, 4.69) is 10.9 Å². The fraction of sp³-hybridized carbons (Fsp3) is 0.238. The molecular weight excluding hydrogens is 344 g/mol.